The molecule has 1 spiro atoms. The van der Waals surface area contributed by atoms with Crippen molar-refractivity contribution in [2.45, 2.75) is 193 Å². The van der Waals surface area contributed by atoms with Gasteiger partial charge in [0, 0.05) is 78.0 Å². The standard InChI is InChI=1S/C63H96N6O6S2/c1-34(2)11-9-18-62-28-49(72)56(73)45(30-65-7)54(62)48(71)24-47-52(62)38(29-67-58(64)68-35(3)70)26-60(6)46-23-40(63(47,60)75)31-76-77-32-41(69-20-19-66-33-69)27-59(4,5)55-44-21-36-15-16-39-13-10-17-61(39,25-36)53(44)42-14-8-12-37-22-43(46)57(74)51(55)50(37)42/h19-20,24,33-41,43,45-46,49,51-54,56-57,65,70,72-75H,8-18,21-23,25-32H2,1-7H3,(H3,64,67,68). The number of ketones is 1. The maximum Gasteiger partial charge on any atom is 0.190 e. The number of hydrogen-bond donors (Lipinski definition) is 8. The lowest BCUT2D eigenvalue weighted by atomic mass is 9.39. The predicted octanol–water partition coefficient (Wildman–Crippen LogP) is 9.40. The van der Waals surface area contributed by atoms with Crippen LogP contribution in [0.4, 0.5) is 0 Å². The number of carbonyl (C=O) groups excluding carboxylic acids is 1. The van der Waals surface area contributed by atoms with Gasteiger partial charge in [-0.3, -0.25) is 9.79 Å². The van der Waals surface area contributed by atoms with E-state index in [0.29, 0.717) is 60.8 Å². The minimum absolute atomic E-state index is 0.0424. The number of nitrogens with two attached hydrogens (primary N) is 1. The first-order valence-electron chi connectivity index (χ1n) is 30.9. The fraction of sp³-hybridized carbons (Fsp3) is 0.825. The van der Waals surface area contributed by atoms with Crippen molar-refractivity contribution < 1.29 is 30.3 Å². The smallest absolute Gasteiger partial charge is 0.190 e. The molecular weight excluding hydrogens is 1000 g/mol. The van der Waals surface area contributed by atoms with Crippen molar-refractivity contribution in [2.75, 3.05) is 31.6 Å². The van der Waals surface area contributed by atoms with Crippen molar-refractivity contribution in [3.8, 4) is 0 Å². The number of allylic oxidation sites excluding steroid dienone is 3. The molecule has 21 atom stereocenters. The highest BCUT2D eigenvalue weighted by Gasteiger charge is 2.75. The van der Waals surface area contributed by atoms with Crippen LogP contribution in [-0.4, -0.2) is 109 Å². The molecule has 21 unspecified atom stereocenters. The number of aliphatic hydroxyl groups excluding tert-OH is 4. The molecule has 6 bridgehead atoms. The summed E-state index contributed by atoms with van der Waals surface area (Å²) in [7, 11) is 5.65. The fourth-order valence-electron chi connectivity index (χ4n) is 22.0. The summed E-state index contributed by atoms with van der Waals surface area (Å²) in [5.74, 6) is 2.46. The number of imidazole rings is 1. The Bertz CT molecular complexity index is 2530. The van der Waals surface area contributed by atoms with Gasteiger partial charge in [-0.25, -0.2) is 4.98 Å². The molecule has 11 aliphatic rings. The Hall–Kier alpha value is -2.17. The average molecular weight is 1100 g/mol. The van der Waals surface area contributed by atoms with Crippen molar-refractivity contribution in [1.29, 1.82) is 0 Å². The molecule has 10 aliphatic carbocycles. The van der Waals surface area contributed by atoms with Crippen molar-refractivity contribution in [3.63, 3.8) is 0 Å². The van der Waals surface area contributed by atoms with Crippen LogP contribution in [0.2, 0.25) is 0 Å². The number of nitrogens with zero attached hydrogens (tertiary/aromatic N) is 3. The van der Waals surface area contributed by atoms with Crippen LogP contribution in [0.15, 0.2) is 57.7 Å². The second-order valence-corrected chi connectivity index (χ2v) is 31.6. The van der Waals surface area contributed by atoms with Crippen molar-refractivity contribution in [2.24, 2.45) is 109 Å². The Morgan fingerprint density at radius 3 is 2.52 bits per heavy atom. The Labute approximate surface area is 468 Å². The minimum Gasteiger partial charge on any atom is -0.392 e. The van der Waals surface area contributed by atoms with Crippen molar-refractivity contribution >= 4 is 33.3 Å². The molecule has 0 amide bonds. The molecule has 0 radical (unpaired) electrons. The lowest BCUT2D eigenvalue weighted by Crippen LogP contribution is -2.68. The lowest BCUT2D eigenvalue weighted by molar-refractivity contribution is -0.190. The van der Waals surface area contributed by atoms with Crippen LogP contribution in [0.25, 0.3) is 0 Å². The van der Waals surface area contributed by atoms with E-state index in [0.717, 1.165) is 68.6 Å². The quantitative estimate of drug-likeness (QED) is 0.0364. The number of fused-ring (bicyclic) bond motifs is 14. The molecular formula is C63H96N6O6S2. The highest BCUT2D eigenvalue weighted by atomic mass is 33.1. The summed E-state index contributed by atoms with van der Waals surface area (Å²) >= 11 is 0. The Kier molecular flexibility index (Phi) is 14.8. The van der Waals surface area contributed by atoms with Gasteiger partial charge in [-0.15, -0.1) is 0 Å². The third-order valence-corrected chi connectivity index (χ3v) is 26.8. The first-order valence-corrected chi connectivity index (χ1v) is 33.4. The summed E-state index contributed by atoms with van der Waals surface area (Å²) in [6.45, 7) is 14.2. The molecule has 2 heterocycles. The molecule has 8 fully saturated rings. The normalized spacial score (nSPS) is 46.5. The van der Waals surface area contributed by atoms with Crippen LogP contribution < -0.4 is 16.4 Å². The largest absolute Gasteiger partial charge is 0.392 e. The molecule has 77 heavy (non-hydrogen) atoms. The number of nitrogens with one attached hydrogen (secondary N) is 2. The topological polar surface area (TPSA) is 198 Å². The molecule has 0 aromatic carbocycles. The van der Waals surface area contributed by atoms with Gasteiger partial charge in [-0.1, -0.05) is 97.8 Å². The summed E-state index contributed by atoms with van der Waals surface area (Å²) in [6.07, 6.45) is 23.1. The highest BCUT2D eigenvalue weighted by molar-refractivity contribution is 8.76. The Morgan fingerprint density at radius 1 is 0.961 bits per heavy atom. The van der Waals surface area contributed by atoms with E-state index in [1.54, 1.807) is 29.2 Å². The van der Waals surface area contributed by atoms with E-state index < -0.39 is 52.8 Å². The number of aliphatic hydroxyl groups is 5. The van der Waals surface area contributed by atoms with Crippen molar-refractivity contribution in [1.82, 2.24) is 20.2 Å². The first kappa shape index (κ1) is 55.4. The van der Waals surface area contributed by atoms with Crippen LogP contribution in [0.3, 0.4) is 0 Å². The third-order valence-electron chi connectivity index (χ3n) is 24.2. The molecule has 7 saturated carbocycles. The number of aliphatic imine (C=N–C) groups is 1. The van der Waals surface area contributed by atoms with Gasteiger partial charge in [0.1, 0.15) is 6.23 Å². The maximum absolute atomic E-state index is 15.7. The van der Waals surface area contributed by atoms with Gasteiger partial charge in [-0.2, -0.15) is 0 Å². The summed E-state index contributed by atoms with van der Waals surface area (Å²) in [4.78, 5) is 25.4. The van der Waals surface area contributed by atoms with E-state index in [1.165, 1.54) is 44.9 Å². The van der Waals surface area contributed by atoms with Crippen LogP contribution >= 0.6 is 21.6 Å². The van der Waals surface area contributed by atoms with E-state index in [2.05, 4.69) is 61.0 Å². The molecule has 14 heteroatoms. The molecule has 1 aromatic heterocycles. The molecule has 12 nitrogen and oxygen atoms in total. The summed E-state index contributed by atoms with van der Waals surface area (Å²) < 4.78 is 2.35. The third kappa shape index (κ3) is 8.65. The molecule has 426 valence electrons. The summed E-state index contributed by atoms with van der Waals surface area (Å²) in [5, 5.41) is 69.9. The van der Waals surface area contributed by atoms with Gasteiger partial charge in [0.25, 0.3) is 0 Å². The van der Waals surface area contributed by atoms with E-state index >= 15 is 4.79 Å². The zero-order valence-electron chi connectivity index (χ0n) is 47.6. The minimum atomic E-state index is -1.40. The molecule has 1 saturated heterocycles. The predicted molar refractivity (Wildman–Crippen MR) is 308 cm³/mol. The van der Waals surface area contributed by atoms with Crippen molar-refractivity contribution in [3.05, 3.63) is 52.7 Å². The first-order chi connectivity index (χ1) is 36.8. The van der Waals surface area contributed by atoms with Gasteiger partial charge >= 0.3 is 0 Å². The van der Waals surface area contributed by atoms with Crippen LogP contribution in [0.1, 0.15) is 163 Å². The lowest BCUT2D eigenvalue weighted by Gasteiger charge is -2.66. The molecule has 1 aliphatic heterocycles. The zero-order valence-corrected chi connectivity index (χ0v) is 49.3. The maximum atomic E-state index is 15.7. The molecule has 1 aromatic rings. The van der Waals surface area contributed by atoms with Gasteiger partial charge in [0.05, 0.1) is 30.2 Å². The van der Waals surface area contributed by atoms with Gasteiger partial charge in [0.15, 0.2) is 11.7 Å². The number of aromatic nitrogens is 2. The van der Waals surface area contributed by atoms with E-state index in [-0.39, 0.29) is 65.1 Å². The van der Waals surface area contributed by atoms with Gasteiger partial charge in [-0.05, 0) is 186 Å². The number of hydrogen-bond acceptors (Lipinski definition) is 11. The number of guanidine groups is 1. The molecule has 12 rings (SSSR count). The number of carbonyl (C=O) groups is 1. The molecule has 9 N–H and O–H groups in total. The monoisotopic (exact) mass is 1100 g/mol. The SMILES string of the molecule is CNCC1C(O)C(O)CC2(CCCC(C)C)C3C(=CC(=O)C12)C1(O)C2CSSCC(n4ccnc4)CC(C)(C)C4=C5CC6CCC7CCCC7(C6)C5C5=C6C(CCC5)CC(C(O)C64)C(C2)C1(C)CC3CN=C(N)NC(C)O. The Morgan fingerprint density at radius 2 is 1.77 bits per heavy atom. The average Bonchev–Trinajstić information content (AvgIpc) is 4.01. The fourth-order valence-corrected chi connectivity index (χ4v) is 24.7. The van der Waals surface area contributed by atoms with Crippen LogP contribution in [-0.2, 0) is 4.79 Å². The van der Waals surface area contributed by atoms with Crippen LogP contribution in [0.5, 0.6) is 0 Å². The summed E-state index contributed by atoms with van der Waals surface area (Å²) in [6, 6.07) is 0.176. The second-order valence-electron chi connectivity index (χ2n) is 29.0. The Balaban J connectivity index is 1.05. The van der Waals surface area contributed by atoms with E-state index in [9.17, 15) is 25.5 Å². The van der Waals surface area contributed by atoms with E-state index in [1.807, 2.05) is 47.2 Å². The highest BCUT2D eigenvalue weighted by Crippen LogP contribution is 2.76. The second kappa shape index (κ2) is 20.6. The number of rotatable bonds is 10. The summed E-state index contributed by atoms with van der Waals surface area (Å²) in [5.41, 5.74) is 11.3. The van der Waals surface area contributed by atoms with Gasteiger partial charge < -0.3 is 46.5 Å². The van der Waals surface area contributed by atoms with E-state index in [4.69, 9.17) is 10.7 Å². The van der Waals surface area contributed by atoms with Gasteiger partial charge in [0.2, 0.25) is 0 Å². The van der Waals surface area contributed by atoms with Crippen LogP contribution in [0, 0.1) is 98.6 Å². The zero-order chi connectivity index (χ0) is 54.1.